The summed E-state index contributed by atoms with van der Waals surface area (Å²) in [7, 11) is 0. The number of hydrogen-bond acceptors (Lipinski definition) is 7. The van der Waals surface area contributed by atoms with Gasteiger partial charge < -0.3 is 19.4 Å². The summed E-state index contributed by atoms with van der Waals surface area (Å²) < 4.78 is 14.0. The quantitative estimate of drug-likeness (QED) is 0.301. The Morgan fingerprint density at radius 3 is 2.76 bits per heavy atom. The van der Waals surface area contributed by atoms with Gasteiger partial charge in [-0.2, -0.15) is 4.98 Å². The first-order valence-electron chi connectivity index (χ1n) is 12.3. The molecule has 192 valence electrons. The van der Waals surface area contributed by atoms with Gasteiger partial charge in [0.1, 0.15) is 23.5 Å². The molecule has 37 heavy (non-hydrogen) atoms. The minimum absolute atomic E-state index is 0.0550. The van der Waals surface area contributed by atoms with Crippen LogP contribution in [0.1, 0.15) is 44.4 Å². The first kappa shape index (κ1) is 25.0. The number of benzene rings is 1. The van der Waals surface area contributed by atoms with Gasteiger partial charge in [-0.1, -0.05) is 11.6 Å². The Kier molecular flexibility index (Phi) is 6.97. The summed E-state index contributed by atoms with van der Waals surface area (Å²) in [5.74, 6) is 1.70. The average molecular weight is 521 g/mol. The average Bonchev–Trinajstić information content (AvgIpc) is 3.47. The van der Waals surface area contributed by atoms with Crippen LogP contribution >= 0.6 is 11.6 Å². The van der Waals surface area contributed by atoms with E-state index in [-0.39, 0.29) is 11.5 Å². The van der Waals surface area contributed by atoms with Crippen LogP contribution in [0.15, 0.2) is 42.9 Å². The highest BCUT2D eigenvalue weighted by molar-refractivity contribution is 6.33. The molecule has 1 saturated carbocycles. The van der Waals surface area contributed by atoms with E-state index in [1.807, 2.05) is 35.8 Å². The van der Waals surface area contributed by atoms with Crippen molar-refractivity contribution in [1.29, 1.82) is 0 Å². The lowest BCUT2D eigenvalue weighted by Gasteiger charge is -2.12. The van der Waals surface area contributed by atoms with Crippen LogP contribution < -0.4 is 14.8 Å². The zero-order valence-electron chi connectivity index (χ0n) is 21.1. The maximum atomic E-state index is 11.0. The van der Waals surface area contributed by atoms with Gasteiger partial charge in [-0.3, -0.25) is 9.78 Å². The number of rotatable bonds is 10. The van der Waals surface area contributed by atoms with Crippen LogP contribution in [-0.4, -0.2) is 49.2 Å². The second kappa shape index (κ2) is 10.3. The Labute approximate surface area is 220 Å². The molecule has 0 atom stereocenters. The molecule has 1 amide bonds. The molecule has 4 aromatic rings. The zero-order chi connectivity index (χ0) is 26.0. The van der Waals surface area contributed by atoms with Crippen LogP contribution in [0.25, 0.3) is 22.6 Å². The fourth-order valence-corrected chi connectivity index (χ4v) is 4.25. The minimum Gasteiger partial charge on any atom is -0.493 e. The van der Waals surface area contributed by atoms with Crippen LogP contribution in [0.5, 0.6) is 11.6 Å². The van der Waals surface area contributed by atoms with Crippen molar-refractivity contribution in [3.05, 3.63) is 59.1 Å². The number of hydrogen-bond donors (Lipinski definition) is 1. The molecule has 1 aliphatic carbocycles. The maximum absolute atomic E-state index is 11.0. The van der Waals surface area contributed by atoms with E-state index in [4.69, 9.17) is 26.1 Å². The van der Waals surface area contributed by atoms with E-state index in [9.17, 15) is 4.79 Å². The Morgan fingerprint density at radius 2 is 2.03 bits per heavy atom. The summed E-state index contributed by atoms with van der Waals surface area (Å²) in [6, 6.07) is 9.54. The highest BCUT2D eigenvalue weighted by Gasteiger charge is 2.41. The molecule has 1 aromatic carbocycles. The first-order chi connectivity index (χ1) is 17.8. The molecule has 0 saturated heterocycles. The van der Waals surface area contributed by atoms with Gasteiger partial charge in [-0.05, 0) is 69.0 Å². The number of fused-ring (bicyclic) bond motifs is 1. The number of amides is 1. The molecule has 0 radical (unpaired) electrons. The predicted molar refractivity (Wildman–Crippen MR) is 141 cm³/mol. The van der Waals surface area contributed by atoms with Gasteiger partial charge in [-0.25, -0.2) is 9.97 Å². The number of pyridine rings is 1. The van der Waals surface area contributed by atoms with E-state index in [1.54, 1.807) is 12.3 Å². The zero-order valence-corrected chi connectivity index (χ0v) is 21.9. The molecular weight excluding hydrogens is 492 g/mol. The Hall–Kier alpha value is -3.72. The fraction of sp³-hybridized carbons (Fsp3) is 0.370. The molecule has 0 unspecified atom stereocenters. The van der Waals surface area contributed by atoms with Crippen LogP contribution in [-0.2, 0) is 11.3 Å². The topological polar surface area (TPSA) is 104 Å². The van der Waals surface area contributed by atoms with Crippen molar-refractivity contribution in [1.82, 2.24) is 29.8 Å². The van der Waals surface area contributed by atoms with Gasteiger partial charge in [0, 0.05) is 25.2 Å². The summed E-state index contributed by atoms with van der Waals surface area (Å²) in [6.07, 6.45) is 5.97. The van der Waals surface area contributed by atoms with Crippen molar-refractivity contribution >= 4 is 28.7 Å². The number of ether oxygens (including phenoxy) is 2. The largest absolute Gasteiger partial charge is 0.493 e. The van der Waals surface area contributed by atoms with Gasteiger partial charge in [-0.15, -0.1) is 0 Å². The number of nitrogens with one attached hydrogen (secondary N) is 1. The smallest absolute Gasteiger partial charge is 0.245 e. The summed E-state index contributed by atoms with van der Waals surface area (Å²) in [5, 5.41) is 3.25. The Balaban J connectivity index is 1.49. The number of imidazole rings is 1. The predicted octanol–water partition coefficient (Wildman–Crippen LogP) is 4.73. The van der Waals surface area contributed by atoms with E-state index < -0.39 is 0 Å². The number of halogens is 1. The van der Waals surface area contributed by atoms with Crippen LogP contribution in [0.4, 0.5) is 0 Å². The summed E-state index contributed by atoms with van der Waals surface area (Å²) >= 11 is 6.76. The molecule has 1 fully saturated rings. The van der Waals surface area contributed by atoms with Crippen molar-refractivity contribution < 1.29 is 14.3 Å². The van der Waals surface area contributed by atoms with Gasteiger partial charge in [0.2, 0.25) is 11.8 Å². The summed E-state index contributed by atoms with van der Waals surface area (Å²) in [6.45, 7) is 7.08. The lowest BCUT2D eigenvalue weighted by atomic mass is 10.2. The van der Waals surface area contributed by atoms with E-state index in [2.05, 4.69) is 27.2 Å². The molecule has 3 heterocycles. The Morgan fingerprint density at radius 1 is 1.19 bits per heavy atom. The summed E-state index contributed by atoms with van der Waals surface area (Å²) in [5.41, 5.74) is 3.77. The van der Waals surface area contributed by atoms with Crippen molar-refractivity contribution in [2.45, 2.75) is 52.2 Å². The third kappa shape index (κ3) is 5.83. The van der Waals surface area contributed by atoms with Crippen LogP contribution in [0.2, 0.25) is 5.02 Å². The molecule has 1 aliphatic rings. The monoisotopic (exact) mass is 520 g/mol. The second-order valence-corrected chi connectivity index (χ2v) is 9.98. The standard InChI is InChI=1S/C27H29ClN6O3/c1-17-7-11-30-19(13-17)15-34-24(33-23-25(34)31-16-32-26(23)37-27(3)8-9-27)21-6-5-20(14-22(21)28)36-12-4-10-29-18(2)35/h5-7,11,13-14,16H,4,8-10,12,15H2,1-3H3,(H,29,35). The normalized spacial score (nSPS) is 13.9. The minimum atomic E-state index is -0.208. The van der Waals surface area contributed by atoms with Crippen molar-refractivity contribution in [2.24, 2.45) is 0 Å². The third-order valence-corrected chi connectivity index (χ3v) is 6.55. The van der Waals surface area contributed by atoms with Crippen molar-refractivity contribution in [3.8, 4) is 23.0 Å². The van der Waals surface area contributed by atoms with Gasteiger partial charge in [0.05, 0.1) is 23.9 Å². The highest BCUT2D eigenvalue weighted by Crippen LogP contribution is 2.41. The van der Waals surface area contributed by atoms with Gasteiger partial charge in [0.15, 0.2) is 11.2 Å². The van der Waals surface area contributed by atoms with Crippen molar-refractivity contribution in [2.75, 3.05) is 13.2 Å². The lowest BCUT2D eigenvalue weighted by molar-refractivity contribution is -0.118. The molecule has 5 rings (SSSR count). The Bertz CT molecular complexity index is 1450. The number of nitrogens with zero attached hydrogens (tertiary/aromatic N) is 5. The fourth-order valence-electron chi connectivity index (χ4n) is 4.00. The number of aromatic nitrogens is 5. The van der Waals surface area contributed by atoms with E-state index in [0.29, 0.717) is 59.8 Å². The second-order valence-electron chi connectivity index (χ2n) is 9.58. The first-order valence-corrected chi connectivity index (χ1v) is 12.7. The van der Waals surface area contributed by atoms with E-state index >= 15 is 0 Å². The van der Waals surface area contributed by atoms with E-state index in [0.717, 1.165) is 29.7 Å². The number of carbonyl (C=O) groups excluding carboxylic acids is 1. The molecule has 0 spiro atoms. The number of carbonyl (C=O) groups is 1. The highest BCUT2D eigenvalue weighted by atomic mass is 35.5. The van der Waals surface area contributed by atoms with Crippen LogP contribution in [0.3, 0.4) is 0 Å². The maximum Gasteiger partial charge on any atom is 0.245 e. The molecule has 1 N–H and O–H groups in total. The van der Waals surface area contributed by atoms with Crippen LogP contribution in [0, 0.1) is 6.92 Å². The third-order valence-electron chi connectivity index (χ3n) is 6.23. The molecule has 0 aliphatic heterocycles. The molecule has 10 heteroatoms. The molecule has 9 nitrogen and oxygen atoms in total. The summed E-state index contributed by atoms with van der Waals surface area (Å²) in [4.78, 5) is 29.4. The van der Waals surface area contributed by atoms with Gasteiger partial charge >= 0.3 is 0 Å². The molecular formula is C27H29ClN6O3. The molecule has 0 bridgehead atoms. The van der Waals surface area contributed by atoms with Crippen molar-refractivity contribution in [3.63, 3.8) is 0 Å². The molecule has 3 aromatic heterocycles. The van der Waals surface area contributed by atoms with E-state index in [1.165, 1.54) is 13.3 Å². The SMILES string of the molecule is CC(=O)NCCCOc1ccc(-c2nc3c(OC4(C)CC4)ncnc3n2Cc2cc(C)ccn2)c(Cl)c1. The van der Waals surface area contributed by atoms with Gasteiger partial charge in [0.25, 0.3) is 0 Å². The number of aryl methyl sites for hydroxylation is 1. The lowest BCUT2D eigenvalue weighted by Crippen LogP contribution is -2.22.